The third kappa shape index (κ3) is 3.24. The molecule has 35 heavy (non-hydrogen) atoms. The number of rotatable bonds is 4. The molecule has 0 unspecified atom stereocenters. The molecule has 0 N–H and O–H groups in total. The van der Waals surface area contributed by atoms with Crippen LogP contribution in [0.2, 0.25) is 0 Å². The number of Topliss-reactive ketones (excluding diaryl/α,β-unsaturated/α-hetero) is 1. The molecule has 2 fully saturated rings. The van der Waals surface area contributed by atoms with Crippen molar-refractivity contribution in [1.29, 1.82) is 0 Å². The van der Waals surface area contributed by atoms with E-state index in [0.29, 0.717) is 17.0 Å². The summed E-state index contributed by atoms with van der Waals surface area (Å²) in [7, 11) is 1.56. The molecule has 7 nitrogen and oxygen atoms in total. The van der Waals surface area contributed by atoms with Crippen LogP contribution >= 0.6 is 15.9 Å². The number of fused-ring (bicyclic) bond motifs is 5. The maximum Gasteiger partial charge on any atom is 0.240 e. The lowest BCUT2D eigenvalue weighted by Crippen LogP contribution is -2.44. The third-order valence-corrected chi connectivity index (χ3v) is 7.50. The second kappa shape index (κ2) is 8.16. The third-order valence-electron chi connectivity index (χ3n) is 7.00. The first kappa shape index (κ1) is 21.7. The molecule has 3 aromatic carbocycles. The minimum atomic E-state index is -0.906. The number of hydrazone groups is 1. The summed E-state index contributed by atoms with van der Waals surface area (Å²) in [5, 5.41) is 6.26. The summed E-state index contributed by atoms with van der Waals surface area (Å²) in [5.74, 6) is -1.91. The molecule has 4 atom stereocenters. The van der Waals surface area contributed by atoms with Gasteiger partial charge in [0.2, 0.25) is 11.8 Å². The molecule has 2 saturated heterocycles. The lowest BCUT2D eigenvalue weighted by atomic mass is 9.83. The van der Waals surface area contributed by atoms with E-state index in [1.54, 1.807) is 60.8 Å². The first-order valence-corrected chi connectivity index (χ1v) is 12.0. The van der Waals surface area contributed by atoms with Crippen molar-refractivity contribution in [3.8, 4) is 5.75 Å². The molecule has 174 valence electrons. The molecule has 8 heteroatoms. The van der Waals surface area contributed by atoms with Crippen molar-refractivity contribution in [2.24, 2.45) is 16.9 Å². The monoisotopic (exact) mass is 529 g/mol. The summed E-state index contributed by atoms with van der Waals surface area (Å²) in [6, 6.07) is 20.1. The van der Waals surface area contributed by atoms with Crippen molar-refractivity contribution >= 4 is 45.4 Å². The van der Waals surface area contributed by atoms with Gasteiger partial charge >= 0.3 is 0 Å². The van der Waals surface area contributed by atoms with E-state index in [4.69, 9.17) is 4.74 Å². The summed E-state index contributed by atoms with van der Waals surface area (Å²) < 4.78 is 5.98. The highest BCUT2D eigenvalue weighted by Crippen LogP contribution is 2.53. The second-order valence-electron chi connectivity index (χ2n) is 8.78. The molecule has 6 rings (SSSR count). The number of ether oxygens (including phenoxy) is 1. The number of imide groups is 1. The highest BCUT2D eigenvalue weighted by atomic mass is 79.9. The Morgan fingerprint density at radius 1 is 0.943 bits per heavy atom. The number of amides is 2. The summed E-state index contributed by atoms with van der Waals surface area (Å²) in [5.41, 5.74) is 2.69. The zero-order valence-electron chi connectivity index (χ0n) is 18.7. The van der Waals surface area contributed by atoms with Gasteiger partial charge in [-0.15, -0.1) is 0 Å². The van der Waals surface area contributed by atoms with Crippen LogP contribution in [0.3, 0.4) is 0 Å². The van der Waals surface area contributed by atoms with E-state index in [0.717, 1.165) is 15.6 Å². The fourth-order valence-corrected chi connectivity index (χ4v) is 5.85. The van der Waals surface area contributed by atoms with Gasteiger partial charge < -0.3 is 4.74 Å². The number of carbonyl (C=O) groups is 3. The lowest BCUT2D eigenvalue weighted by Gasteiger charge is -2.33. The van der Waals surface area contributed by atoms with Crippen molar-refractivity contribution in [2.75, 3.05) is 12.0 Å². The van der Waals surface area contributed by atoms with E-state index in [2.05, 4.69) is 21.0 Å². The Hall–Kier alpha value is -3.78. The molecule has 3 aliphatic rings. The molecule has 0 bridgehead atoms. The van der Waals surface area contributed by atoms with Crippen LogP contribution in [-0.4, -0.2) is 42.0 Å². The maximum atomic E-state index is 13.9. The van der Waals surface area contributed by atoms with Crippen LogP contribution in [0.15, 0.2) is 82.4 Å². The quantitative estimate of drug-likeness (QED) is 0.373. The van der Waals surface area contributed by atoms with Crippen LogP contribution in [0.4, 0.5) is 5.69 Å². The molecule has 2 amide bonds. The fraction of sp³-hybridized carbons (Fsp3) is 0.185. The predicted octanol–water partition coefficient (Wildman–Crippen LogP) is 4.22. The Balaban J connectivity index is 1.48. The van der Waals surface area contributed by atoms with Crippen LogP contribution < -0.4 is 9.64 Å². The van der Waals surface area contributed by atoms with Crippen molar-refractivity contribution in [3.63, 3.8) is 0 Å². The van der Waals surface area contributed by atoms with E-state index in [9.17, 15) is 14.4 Å². The van der Waals surface area contributed by atoms with Gasteiger partial charge in [-0.2, -0.15) is 5.10 Å². The Labute approximate surface area is 210 Å². The van der Waals surface area contributed by atoms with E-state index < -0.39 is 23.9 Å². The average molecular weight is 530 g/mol. The highest BCUT2D eigenvalue weighted by molar-refractivity contribution is 9.10. The Bertz CT molecular complexity index is 1400. The van der Waals surface area contributed by atoms with Crippen molar-refractivity contribution < 1.29 is 19.1 Å². The first-order valence-electron chi connectivity index (χ1n) is 11.2. The van der Waals surface area contributed by atoms with Gasteiger partial charge in [0.05, 0.1) is 36.9 Å². The Kier molecular flexibility index (Phi) is 5.07. The molecule has 3 aliphatic heterocycles. The van der Waals surface area contributed by atoms with Gasteiger partial charge in [-0.3, -0.25) is 19.4 Å². The molecule has 0 aliphatic carbocycles. The molecule has 3 heterocycles. The summed E-state index contributed by atoms with van der Waals surface area (Å²) in [6.07, 6.45) is 1.70. The topological polar surface area (TPSA) is 79.3 Å². The number of carbonyl (C=O) groups excluding carboxylic acids is 3. The molecular weight excluding hydrogens is 510 g/mol. The average Bonchev–Trinajstić information content (AvgIpc) is 3.36. The van der Waals surface area contributed by atoms with Gasteiger partial charge in [0.15, 0.2) is 5.78 Å². The first-order chi connectivity index (χ1) is 17.0. The number of ketones is 1. The smallest absolute Gasteiger partial charge is 0.240 e. The van der Waals surface area contributed by atoms with E-state index in [-0.39, 0.29) is 17.6 Å². The minimum absolute atomic E-state index is 0.251. The number of benzene rings is 3. The SMILES string of the molecule is COc1ccc(C(=O)[C@H]2[C@H]3C(=O)N(c4cccc(Br)c4)C(=O)[C@H]3[C@@H]3c4ccccc4C=NN23)cc1. The number of nitrogens with zero attached hydrogens (tertiary/aromatic N) is 3. The van der Waals surface area contributed by atoms with Gasteiger partial charge in [-0.1, -0.05) is 46.3 Å². The fourth-order valence-electron chi connectivity index (χ4n) is 5.46. The molecule has 0 radical (unpaired) electrons. The minimum Gasteiger partial charge on any atom is -0.497 e. The largest absolute Gasteiger partial charge is 0.497 e. The zero-order valence-corrected chi connectivity index (χ0v) is 20.3. The normalized spacial score (nSPS) is 24.3. The van der Waals surface area contributed by atoms with Crippen molar-refractivity contribution in [3.05, 3.63) is 94.0 Å². The standard InChI is InChI=1S/C27H20BrN3O4/c1-35-19-11-9-15(10-12-19)25(32)24-22-21(23-20-8-3-2-5-16(20)14-29-31(23)24)26(33)30(27(22)34)18-7-4-6-17(28)13-18/h2-14,21-24H,1H3/t21-,22+,23+,24-/m1/s1. The van der Waals surface area contributed by atoms with Crippen molar-refractivity contribution in [2.45, 2.75) is 12.1 Å². The summed E-state index contributed by atoms with van der Waals surface area (Å²) >= 11 is 3.42. The van der Waals surface area contributed by atoms with Crippen LogP contribution in [-0.2, 0) is 9.59 Å². The van der Waals surface area contributed by atoms with Gasteiger partial charge in [-0.25, -0.2) is 4.90 Å². The van der Waals surface area contributed by atoms with Gasteiger partial charge in [0, 0.05) is 10.0 Å². The molecule has 0 saturated carbocycles. The van der Waals surface area contributed by atoms with Crippen LogP contribution in [0.1, 0.15) is 27.5 Å². The molecule has 3 aromatic rings. The molecular formula is C27H20BrN3O4. The number of hydrogen-bond acceptors (Lipinski definition) is 6. The highest BCUT2D eigenvalue weighted by Gasteiger charge is 2.65. The van der Waals surface area contributed by atoms with Crippen LogP contribution in [0.25, 0.3) is 0 Å². The maximum absolute atomic E-state index is 13.9. The van der Waals surface area contributed by atoms with Gasteiger partial charge in [0.1, 0.15) is 11.8 Å². The lowest BCUT2D eigenvalue weighted by molar-refractivity contribution is -0.124. The predicted molar refractivity (Wildman–Crippen MR) is 133 cm³/mol. The van der Waals surface area contributed by atoms with E-state index >= 15 is 0 Å². The van der Waals surface area contributed by atoms with Crippen molar-refractivity contribution in [1.82, 2.24) is 5.01 Å². The Morgan fingerprint density at radius 3 is 2.43 bits per heavy atom. The number of hydrogen-bond donors (Lipinski definition) is 0. The van der Waals surface area contributed by atoms with Gasteiger partial charge in [-0.05, 0) is 53.6 Å². The van der Waals surface area contributed by atoms with Crippen LogP contribution in [0.5, 0.6) is 5.75 Å². The number of anilines is 1. The zero-order chi connectivity index (χ0) is 24.3. The summed E-state index contributed by atoms with van der Waals surface area (Å²) in [4.78, 5) is 42.8. The number of methoxy groups -OCH3 is 1. The Morgan fingerprint density at radius 2 is 1.69 bits per heavy atom. The molecule has 0 aromatic heterocycles. The molecule has 0 spiro atoms. The van der Waals surface area contributed by atoms with Crippen LogP contribution in [0, 0.1) is 11.8 Å². The van der Waals surface area contributed by atoms with E-state index in [1.165, 1.54) is 4.90 Å². The summed E-state index contributed by atoms with van der Waals surface area (Å²) in [6.45, 7) is 0. The van der Waals surface area contributed by atoms with E-state index in [1.807, 2.05) is 30.3 Å². The number of halogens is 1. The van der Waals surface area contributed by atoms with Gasteiger partial charge in [0.25, 0.3) is 0 Å². The second-order valence-corrected chi connectivity index (χ2v) is 9.69.